The Kier molecular flexibility index (Phi) is 4.41. The van der Waals surface area contributed by atoms with E-state index in [0.717, 1.165) is 34.9 Å². The van der Waals surface area contributed by atoms with Crippen LogP contribution in [0.15, 0.2) is 53.5 Å². The predicted octanol–water partition coefficient (Wildman–Crippen LogP) is 6.34. The number of hydrogen-bond acceptors (Lipinski definition) is 2. The van der Waals surface area contributed by atoms with Gasteiger partial charge in [0.2, 0.25) is 0 Å². The van der Waals surface area contributed by atoms with E-state index in [9.17, 15) is 4.39 Å². The second-order valence-electron chi connectivity index (χ2n) is 6.64. The lowest BCUT2D eigenvalue weighted by molar-refractivity contribution is 0.0457. The van der Waals surface area contributed by atoms with Crippen LogP contribution in [0.5, 0.6) is 0 Å². The Morgan fingerprint density at radius 1 is 1.12 bits per heavy atom. The van der Waals surface area contributed by atoms with Gasteiger partial charge in [0.15, 0.2) is 0 Å². The van der Waals surface area contributed by atoms with Crippen LogP contribution in [0.25, 0.3) is 28.4 Å². The minimum absolute atomic E-state index is 0.304. The van der Waals surface area contributed by atoms with E-state index in [4.69, 9.17) is 9.15 Å². The third-order valence-electron chi connectivity index (χ3n) is 4.86. The first-order valence-electron chi connectivity index (χ1n) is 8.79. The van der Waals surface area contributed by atoms with Crippen LogP contribution < -0.4 is 0 Å². The third kappa shape index (κ3) is 3.38. The maximum absolute atomic E-state index is 14.3. The molecule has 1 heterocycles. The van der Waals surface area contributed by atoms with Crippen molar-refractivity contribution in [2.75, 3.05) is 0 Å². The lowest BCUT2D eigenvalue weighted by Gasteiger charge is -2.10. The zero-order valence-electron chi connectivity index (χ0n) is 14.1. The summed E-state index contributed by atoms with van der Waals surface area (Å²) in [6.45, 7) is 4.28. The Bertz CT molecular complexity index is 904. The summed E-state index contributed by atoms with van der Waals surface area (Å²) in [5.74, 6) is 0.234. The fourth-order valence-electron chi connectivity index (χ4n) is 3.44. The Labute approximate surface area is 146 Å². The molecule has 3 aromatic rings. The van der Waals surface area contributed by atoms with Crippen LogP contribution in [-0.2, 0) is 11.3 Å². The first kappa shape index (κ1) is 16.1. The molecule has 128 valence electrons. The highest BCUT2D eigenvalue weighted by Crippen LogP contribution is 2.31. The van der Waals surface area contributed by atoms with Crippen LogP contribution in [0.2, 0.25) is 0 Å². The van der Waals surface area contributed by atoms with Crippen molar-refractivity contribution in [3.8, 4) is 11.3 Å². The molecule has 1 saturated carbocycles. The zero-order valence-corrected chi connectivity index (χ0v) is 14.1. The fraction of sp³-hybridized carbons (Fsp3) is 0.273. The molecule has 0 bridgehead atoms. The van der Waals surface area contributed by atoms with Gasteiger partial charge in [-0.2, -0.15) is 0 Å². The van der Waals surface area contributed by atoms with Crippen LogP contribution >= 0.6 is 0 Å². The van der Waals surface area contributed by atoms with Crippen molar-refractivity contribution >= 4 is 17.0 Å². The van der Waals surface area contributed by atoms with Crippen LogP contribution in [-0.4, -0.2) is 6.10 Å². The average Bonchev–Trinajstić information content (AvgIpc) is 3.28. The third-order valence-corrected chi connectivity index (χ3v) is 4.86. The average molecular weight is 336 g/mol. The van der Waals surface area contributed by atoms with E-state index in [1.807, 2.05) is 24.3 Å². The van der Waals surface area contributed by atoms with E-state index < -0.39 is 0 Å². The summed E-state index contributed by atoms with van der Waals surface area (Å²) in [6, 6.07) is 12.9. The minimum atomic E-state index is -0.304. The van der Waals surface area contributed by atoms with Crippen molar-refractivity contribution in [1.82, 2.24) is 0 Å². The predicted molar refractivity (Wildman–Crippen MR) is 98.7 cm³/mol. The molecule has 0 radical (unpaired) electrons. The first-order valence-corrected chi connectivity index (χ1v) is 8.79. The molecule has 0 aliphatic heterocycles. The maximum atomic E-state index is 14.3. The molecule has 0 amide bonds. The Morgan fingerprint density at radius 3 is 2.72 bits per heavy atom. The quantitative estimate of drug-likeness (QED) is 0.542. The molecule has 25 heavy (non-hydrogen) atoms. The number of halogens is 1. The maximum Gasteiger partial charge on any atom is 0.138 e. The zero-order chi connectivity index (χ0) is 17.2. The summed E-state index contributed by atoms with van der Waals surface area (Å²) in [5, 5.41) is 0.967. The minimum Gasteiger partial charge on any atom is -0.456 e. The van der Waals surface area contributed by atoms with Gasteiger partial charge in [0.25, 0.3) is 0 Å². The van der Waals surface area contributed by atoms with E-state index in [2.05, 4.69) is 12.6 Å². The first-order chi connectivity index (χ1) is 12.2. The van der Waals surface area contributed by atoms with Gasteiger partial charge in [-0.1, -0.05) is 37.6 Å². The van der Waals surface area contributed by atoms with E-state index >= 15 is 0 Å². The molecule has 1 fully saturated rings. The SMILES string of the molecule is C=Cc1ccc(-c2cc3cc(COC4CCCC4)ccc3o2)c(F)c1. The van der Waals surface area contributed by atoms with Crippen LogP contribution in [0.3, 0.4) is 0 Å². The summed E-state index contributed by atoms with van der Waals surface area (Å²) in [6.07, 6.45) is 6.89. The molecule has 2 aromatic carbocycles. The highest BCUT2D eigenvalue weighted by molar-refractivity contribution is 5.83. The molecule has 2 nitrogen and oxygen atoms in total. The number of furan rings is 1. The summed E-state index contributed by atoms with van der Waals surface area (Å²) >= 11 is 0. The summed E-state index contributed by atoms with van der Waals surface area (Å²) in [7, 11) is 0. The van der Waals surface area contributed by atoms with E-state index in [-0.39, 0.29) is 5.82 Å². The van der Waals surface area contributed by atoms with Crippen molar-refractivity contribution < 1.29 is 13.5 Å². The Morgan fingerprint density at radius 2 is 1.96 bits per heavy atom. The van der Waals surface area contributed by atoms with Crippen molar-refractivity contribution in [3.05, 3.63) is 66.0 Å². The van der Waals surface area contributed by atoms with Crippen molar-refractivity contribution in [2.45, 2.75) is 38.4 Å². The van der Waals surface area contributed by atoms with Gasteiger partial charge in [0.1, 0.15) is 17.2 Å². The van der Waals surface area contributed by atoms with Gasteiger partial charge in [-0.25, -0.2) is 4.39 Å². The van der Waals surface area contributed by atoms with Crippen molar-refractivity contribution in [3.63, 3.8) is 0 Å². The van der Waals surface area contributed by atoms with Gasteiger partial charge in [-0.15, -0.1) is 0 Å². The Hall–Kier alpha value is -2.39. The van der Waals surface area contributed by atoms with Gasteiger partial charge in [0.05, 0.1) is 18.3 Å². The molecule has 0 N–H and O–H groups in total. The molecule has 3 heteroatoms. The number of hydrogen-bond donors (Lipinski definition) is 0. The largest absolute Gasteiger partial charge is 0.456 e. The molecule has 1 aliphatic carbocycles. The van der Waals surface area contributed by atoms with Gasteiger partial charge >= 0.3 is 0 Å². The summed E-state index contributed by atoms with van der Waals surface area (Å²) < 4.78 is 26.1. The topological polar surface area (TPSA) is 22.4 Å². The monoisotopic (exact) mass is 336 g/mol. The highest BCUT2D eigenvalue weighted by atomic mass is 19.1. The number of fused-ring (bicyclic) bond motifs is 1. The summed E-state index contributed by atoms with van der Waals surface area (Å²) in [5.41, 5.74) is 3.09. The van der Waals surface area contributed by atoms with Gasteiger partial charge in [-0.05, 0) is 54.3 Å². The molecule has 0 atom stereocenters. The standard InChI is InChI=1S/C22H21FO2/c1-2-15-7-9-19(20(23)12-15)22-13-17-11-16(8-10-21(17)25-22)14-24-18-5-3-4-6-18/h2,7-13,18H,1,3-6,14H2. The fourth-order valence-corrected chi connectivity index (χ4v) is 3.44. The van der Waals surface area contributed by atoms with Crippen LogP contribution in [0.4, 0.5) is 4.39 Å². The van der Waals surface area contributed by atoms with Crippen molar-refractivity contribution in [2.24, 2.45) is 0 Å². The van der Waals surface area contributed by atoms with Gasteiger partial charge in [-0.3, -0.25) is 0 Å². The molecule has 1 aromatic heterocycles. The van der Waals surface area contributed by atoms with E-state index in [1.54, 1.807) is 12.1 Å². The molecule has 0 spiro atoms. The normalized spacial score (nSPS) is 15.1. The number of ether oxygens (including phenoxy) is 1. The second-order valence-corrected chi connectivity index (χ2v) is 6.64. The van der Waals surface area contributed by atoms with E-state index in [1.165, 1.54) is 18.9 Å². The lowest BCUT2D eigenvalue weighted by Crippen LogP contribution is -2.06. The Balaban J connectivity index is 1.58. The highest BCUT2D eigenvalue weighted by Gasteiger charge is 2.16. The molecular formula is C22H21FO2. The molecular weight excluding hydrogens is 315 g/mol. The molecule has 0 unspecified atom stereocenters. The lowest BCUT2D eigenvalue weighted by atomic mass is 10.1. The number of rotatable bonds is 5. The van der Waals surface area contributed by atoms with Gasteiger partial charge in [0, 0.05) is 5.39 Å². The molecule has 0 saturated heterocycles. The van der Waals surface area contributed by atoms with Crippen molar-refractivity contribution in [1.29, 1.82) is 0 Å². The van der Waals surface area contributed by atoms with E-state index in [0.29, 0.717) is 24.0 Å². The van der Waals surface area contributed by atoms with Gasteiger partial charge < -0.3 is 9.15 Å². The number of benzene rings is 2. The summed E-state index contributed by atoms with van der Waals surface area (Å²) in [4.78, 5) is 0. The second kappa shape index (κ2) is 6.85. The van der Waals surface area contributed by atoms with Crippen LogP contribution in [0.1, 0.15) is 36.8 Å². The van der Waals surface area contributed by atoms with Crippen LogP contribution in [0, 0.1) is 5.82 Å². The smallest absolute Gasteiger partial charge is 0.138 e. The molecule has 1 aliphatic rings. The molecule has 4 rings (SSSR count).